The summed E-state index contributed by atoms with van der Waals surface area (Å²) in [4.78, 5) is 36.3. The molecule has 10 heteroatoms. The molecule has 0 aliphatic carbocycles. The van der Waals surface area contributed by atoms with Crippen molar-refractivity contribution in [1.82, 2.24) is 19.5 Å². The lowest BCUT2D eigenvalue weighted by Gasteiger charge is -2.33. The molecule has 4 rings (SSSR count). The van der Waals surface area contributed by atoms with Gasteiger partial charge in [0.15, 0.2) is 0 Å². The van der Waals surface area contributed by atoms with E-state index in [1.807, 2.05) is 29.2 Å². The lowest BCUT2D eigenvalue weighted by Crippen LogP contribution is -2.37. The van der Waals surface area contributed by atoms with Crippen LogP contribution in [0.1, 0.15) is 18.9 Å². The molecule has 0 saturated carbocycles. The monoisotopic (exact) mass is 369 g/mol. The minimum atomic E-state index is -0.461. The Bertz CT molecular complexity index is 1050. The first-order valence-corrected chi connectivity index (χ1v) is 8.71. The molecule has 3 heterocycles. The summed E-state index contributed by atoms with van der Waals surface area (Å²) in [6.45, 7) is 1.13. The summed E-state index contributed by atoms with van der Waals surface area (Å²) in [6.07, 6.45) is 2.71. The van der Waals surface area contributed by atoms with E-state index >= 15 is 0 Å². The van der Waals surface area contributed by atoms with Crippen molar-refractivity contribution in [2.75, 3.05) is 30.4 Å². The molecule has 0 unspecified atom stereocenters. The zero-order valence-corrected chi connectivity index (χ0v) is 14.8. The first-order chi connectivity index (χ1) is 13.1. The third-order valence-electron chi connectivity index (χ3n) is 4.98. The third kappa shape index (κ3) is 2.88. The van der Waals surface area contributed by atoms with Crippen molar-refractivity contribution in [3.63, 3.8) is 0 Å². The first-order valence-electron chi connectivity index (χ1n) is 8.71. The molecule has 10 nitrogen and oxygen atoms in total. The average molecular weight is 369 g/mol. The summed E-state index contributed by atoms with van der Waals surface area (Å²) >= 11 is 0. The Morgan fingerprint density at radius 2 is 2.00 bits per heavy atom. The Morgan fingerprint density at radius 1 is 1.26 bits per heavy atom. The van der Waals surface area contributed by atoms with Gasteiger partial charge >= 0.3 is 11.4 Å². The van der Waals surface area contributed by atoms with Gasteiger partial charge in [-0.15, -0.1) is 0 Å². The number of imidazole rings is 1. The van der Waals surface area contributed by atoms with Crippen molar-refractivity contribution < 1.29 is 4.92 Å². The number of para-hydroxylation sites is 2. The second-order valence-electron chi connectivity index (χ2n) is 6.44. The number of nitrogens with one attached hydrogen (secondary N) is 2. The van der Waals surface area contributed by atoms with Crippen LogP contribution in [0, 0.1) is 10.1 Å². The average Bonchev–Trinajstić information content (AvgIpc) is 3.03. The Balaban J connectivity index is 1.61. The van der Waals surface area contributed by atoms with E-state index in [4.69, 9.17) is 0 Å². The molecule has 0 amide bonds. The molecule has 27 heavy (non-hydrogen) atoms. The van der Waals surface area contributed by atoms with Crippen LogP contribution in [0.15, 0.2) is 35.4 Å². The maximum atomic E-state index is 12.4. The maximum absolute atomic E-state index is 12.4. The number of aromatic amines is 1. The van der Waals surface area contributed by atoms with Gasteiger partial charge < -0.3 is 15.2 Å². The third-order valence-corrected chi connectivity index (χ3v) is 4.98. The maximum Gasteiger partial charge on any atom is 0.353 e. The van der Waals surface area contributed by atoms with E-state index in [9.17, 15) is 14.9 Å². The highest BCUT2D eigenvalue weighted by Gasteiger charge is 2.30. The summed E-state index contributed by atoms with van der Waals surface area (Å²) in [5.41, 5.74) is 1.45. The molecule has 0 atom stereocenters. The number of aromatic nitrogens is 4. The van der Waals surface area contributed by atoms with Crippen LogP contribution in [0.2, 0.25) is 0 Å². The van der Waals surface area contributed by atoms with Crippen LogP contribution >= 0.6 is 0 Å². The van der Waals surface area contributed by atoms with Gasteiger partial charge in [0.2, 0.25) is 11.6 Å². The molecule has 0 radical (unpaired) electrons. The highest BCUT2D eigenvalue weighted by Crippen LogP contribution is 2.34. The fourth-order valence-corrected chi connectivity index (χ4v) is 3.72. The van der Waals surface area contributed by atoms with E-state index in [0.29, 0.717) is 31.7 Å². The van der Waals surface area contributed by atoms with Crippen molar-refractivity contribution in [2.45, 2.75) is 18.9 Å². The number of H-pyrrole nitrogens is 1. The fourth-order valence-electron chi connectivity index (χ4n) is 3.72. The minimum Gasteiger partial charge on any atom is -0.367 e. The molecule has 1 aliphatic rings. The van der Waals surface area contributed by atoms with Crippen LogP contribution < -0.4 is 15.9 Å². The molecule has 2 aromatic heterocycles. The number of piperidine rings is 1. The van der Waals surface area contributed by atoms with Crippen LogP contribution in [0.4, 0.5) is 17.3 Å². The number of nitrogens with zero attached hydrogens (tertiary/aromatic N) is 5. The van der Waals surface area contributed by atoms with Gasteiger partial charge in [-0.2, -0.15) is 0 Å². The van der Waals surface area contributed by atoms with Crippen molar-refractivity contribution in [1.29, 1.82) is 0 Å². The minimum absolute atomic E-state index is 0.0366. The Kier molecular flexibility index (Phi) is 4.22. The highest BCUT2D eigenvalue weighted by molar-refractivity contribution is 5.75. The molecule has 1 saturated heterocycles. The normalized spacial score (nSPS) is 15.2. The number of hydrogen-bond acceptors (Lipinski definition) is 7. The van der Waals surface area contributed by atoms with Crippen LogP contribution in [-0.4, -0.2) is 44.6 Å². The van der Waals surface area contributed by atoms with Gasteiger partial charge in [0.1, 0.15) is 6.33 Å². The first kappa shape index (κ1) is 17.0. The van der Waals surface area contributed by atoms with Gasteiger partial charge in [-0.05, 0) is 25.0 Å². The van der Waals surface area contributed by atoms with Gasteiger partial charge in [0, 0.05) is 26.2 Å². The van der Waals surface area contributed by atoms with Gasteiger partial charge in [0.05, 0.1) is 16.0 Å². The Hall–Kier alpha value is -3.43. The number of fused-ring (bicyclic) bond motifs is 1. The summed E-state index contributed by atoms with van der Waals surface area (Å²) in [6, 6.07) is 7.64. The van der Waals surface area contributed by atoms with E-state index in [2.05, 4.69) is 20.3 Å². The molecule has 0 spiro atoms. The molecular weight excluding hydrogens is 350 g/mol. The second-order valence-corrected chi connectivity index (χ2v) is 6.44. The van der Waals surface area contributed by atoms with E-state index < -0.39 is 4.92 Å². The lowest BCUT2D eigenvalue weighted by molar-refractivity contribution is -0.383. The van der Waals surface area contributed by atoms with E-state index in [1.54, 1.807) is 11.6 Å². The molecular formula is C17H19N7O3. The van der Waals surface area contributed by atoms with Gasteiger partial charge in [0.25, 0.3) is 0 Å². The molecule has 0 bridgehead atoms. The summed E-state index contributed by atoms with van der Waals surface area (Å²) in [7, 11) is 1.59. The summed E-state index contributed by atoms with van der Waals surface area (Å²) in [5.74, 6) is 0.504. The predicted octanol–water partition coefficient (Wildman–Crippen LogP) is 1.91. The second kappa shape index (κ2) is 6.71. The summed E-state index contributed by atoms with van der Waals surface area (Å²) < 4.78 is 1.79. The lowest BCUT2D eigenvalue weighted by atomic mass is 10.0. The topological polar surface area (TPSA) is 122 Å². The SMILES string of the molecule is CNc1ncnc(N2CCC(n3c(=O)[nH]c4ccccc43)CC2)c1[N+](=O)[O-]. The van der Waals surface area contributed by atoms with Crippen molar-refractivity contribution in [3.8, 4) is 0 Å². The van der Waals surface area contributed by atoms with E-state index in [-0.39, 0.29) is 23.2 Å². The molecule has 1 fully saturated rings. The number of hydrogen-bond donors (Lipinski definition) is 2. The number of rotatable bonds is 4. The van der Waals surface area contributed by atoms with Crippen LogP contribution in [0.25, 0.3) is 11.0 Å². The predicted molar refractivity (Wildman–Crippen MR) is 101 cm³/mol. The van der Waals surface area contributed by atoms with Gasteiger partial charge in [-0.1, -0.05) is 12.1 Å². The van der Waals surface area contributed by atoms with Crippen molar-refractivity contribution >= 4 is 28.4 Å². The smallest absolute Gasteiger partial charge is 0.353 e. The largest absolute Gasteiger partial charge is 0.367 e. The van der Waals surface area contributed by atoms with Crippen LogP contribution in [0.5, 0.6) is 0 Å². The summed E-state index contributed by atoms with van der Waals surface area (Å²) in [5, 5.41) is 14.2. The van der Waals surface area contributed by atoms with E-state index in [0.717, 1.165) is 11.0 Å². The highest BCUT2D eigenvalue weighted by atomic mass is 16.6. The van der Waals surface area contributed by atoms with Crippen LogP contribution in [-0.2, 0) is 0 Å². The number of anilines is 2. The Morgan fingerprint density at radius 3 is 2.70 bits per heavy atom. The molecule has 1 aliphatic heterocycles. The molecule has 2 N–H and O–H groups in total. The number of nitro groups is 1. The van der Waals surface area contributed by atoms with Gasteiger partial charge in [-0.25, -0.2) is 14.8 Å². The zero-order chi connectivity index (χ0) is 19.0. The standard InChI is InChI=1S/C17H19N7O3/c1-18-15-14(24(26)27)16(20-10-19-15)22-8-6-11(7-9-22)23-13-5-3-2-4-12(13)21-17(23)25/h2-5,10-11H,6-9H2,1H3,(H,21,25)(H,18,19,20). The Labute approximate surface area is 154 Å². The van der Waals surface area contributed by atoms with Gasteiger partial charge in [-0.3, -0.25) is 14.7 Å². The van der Waals surface area contributed by atoms with Crippen LogP contribution in [0.3, 0.4) is 0 Å². The molecule has 140 valence electrons. The fraction of sp³-hybridized carbons (Fsp3) is 0.353. The van der Waals surface area contributed by atoms with E-state index in [1.165, 1.54) is 6.33 Å². The molecule has 1 aromatic carbocycles. The zero-order valence-electron chi connectivity index (χ0n) is 14.8. The number of benzene rings is 1. The van der Waals surface area contributed by atoms with Crippen molar-refractivity contribution in [3.05, 3.63) is 51.2 Å². The molecule has 3 aromatic rings. The quantitative estimate of drug-likeness (QED) is 0.532. The van der Waals surface area contributed by atoms with Crippen molar-refractivity contribution in [2.24, 2.45) is 0 Å².